The number of nitrogens with zero attached hydrogens (tertiary/aromatic N) is 1. The second-order valence-electron chi connectivity index (χ2n) is 5.80. The summed E-state index contributed by atoms with van der Waals surface area (Å²) in [6.45, 7) is 2.47. The van der Waals surface area contributed by atoms with Gasteiger partial charge < -0.3 is 14.7 Å². The van der Waals surface area contributed by atoms with Gasteiger partial charge in [0.05, 0.1) is 24.5 Å². The second-order valence-corrected chi connectivity index (χ2v) is 5.80. The van der Waals surface area contributed by atoms with Gasteiger partial charge in [0.2, 0.25) is 5.91 Å². The fourth-order valence-electron chi connectivity index (χ4n) is 3.80. The van der Waals surface area contributed by atoms with Crippen LogP contribution in [-0.2, 0) is 14.3 Å². The summed E-state index contributed by atoms with van der Waals surface area (Å²) in [5.74, 6) is -1.05. The molecule has 0 aromatic rings. The van der Waals surface area contributed by atoms with Crippen LogP contribution in [-0.4, -0.2) is 46.7 Å². The number of carboxylic acid groups (broad SMARTS) is 1. The van der Waals surface area contributed by atoms with E-state index in [1.165, 1.54) is 0 Å². The zero-order valence-electron chi connectivity index (χ0n) is 10.5. The standard InChI is InChI=1S/C13H19NO4/c1-7-4-8(6-18-7)12(15)14-9-2-3-11(14)10(5-9)13(16)17/h7-11H,2-6H2,1H3,(H,16,17). The van der Waals surface area contributed by atoms with Crippen LogP contribution >= 0.6 is 0 Å². The van der Waals surface area contributed by atoms with Crippen molar-refractivity contribution in [3.8, 4) is 0 Å². The molecule has 0 aromatic heterocycles. The quantitative estimate of drug-likeness (QED) is 0.793. The van der Waals surface area contributed by atoms with E-state index in [2.05, 4.69) is 0 Å². The number of aliphatic carboxylic acids is 1. The van der Waals surface area contributed by atoms with Gasteiger partial charge in [-0.1, -0.05) is 0 Å². The molecule has 0 saturated carbocycles. The fraction of sp³-hybridized carbons (Fsp3) is 0.846. The molecule has 3 rings (SSSR count). The van der Waals surface area contributed by atoms with Gasteiger partial charge >= 0.3 is 5.97 Å². The van der Waals surface area contributed by atoms with Gasteiger partial charge in [-0.05, 0) is 32.6 Å². The van der Waals surface area contributed by atoms with Crippen molar-refractivity contribution in [1.82, 2.24) is 4.90 Å². The maximum atomic E-state index is 12.5. The fourth-order valence-corrected chi connectivity index (χ4v) is 3.80. The van der Waals surface area contributed by atoms with Crippen LogP contribution in [0.4, 0.5) is 0 Å². The Morgan fingerprint density at radius 1 is 1.28 bits per heavy atom. The van der Waals surface area contributed by atoms with Gasteiger partial charge in [0.25, 0.3) is 0 Å². The van der Waals surface area contributed by atoms with E-state index in [4.69, 9.17) is 4.74 Å². The normalized spacial score (nSPS) is 42.5. The van der Waals surface area contributed by atoms with Crippen molar-refractivity contribution < 1.29 is 19.4 Å². The first-order valence-corrected chi connectivity index (χ1v) is 6.74. The molecule has 0 aromatic carbocycles. The zero-order chi connectivity index (χ0) is 12.9. The molecule has 5 heteroatoms. The van der Waals surface area contributed by atoms with Gasteiger partial charge in [-0.2, -0.15) is 0 Å². The third-order valence-corrected chi connectivity index (χ3v) is 4.66. The highest BCUT2D eigenvalue weighted by molar-refractivity contribution is 5.82. The van der Waals surface area contributed by atoms with Crippen LogP contribution in [0.25, 0.3) is 0 Å². The summed E-state index contributed by atoms with van der Waals surface area (Å²) < 4.78 is 5.45. The van der Waals surface area contributed by atoms with Crippen LogP contribution in [0.5, 0.6) is 0 Å². The Morgan fingerprint density at radius 2 is 2.06 bits per heavy atom. The Labute approximate surface area is 106 Å². The minimum atomic E-state index is -0.754. The maximum Gasteiger partial charge on any atom is 0.308 e. The van der Waals surface area contributed by atoms with Crippen molar-refractivity contribution >= 4 is 11.9 Å². The summed E-state index contributed by atoms with van der Waals surface area (Å²) in [6, 6.07) is 0.0791. The van der Waals surface area contributed by atoms with Crippen molar-refractivity contribution in [1.29, 1.82) is 0 Å². The summed E-state index contributed by atoms with van der Waals surface area (Å²) in [5.41, 5.74) is 0. The van der Waals surface area contributed by atoms with Crippen LogP contribution in [0.3, 0.4) is 0 Å². The second kappa shape index (κ2) is 4.23. The van der Waals surface area contributed by atoms with E-state index in [1.54, 1.807) is 0 Å². The number of hydrogen-bond acceptors (Lipinski definition) is 3. The molecule has 3 saturated heterocycles. The predicted octanol–water partition coefficient (Wildman–Crippen LogP) is 0.875. The molecule has 3 aliphatic rings. The van der Waals surface area contributed by atoms with Crippen molar-refractivity contribution in [2.24, 2.45) is 11.8 Å². The van der Waals surface area contributed by atoms with Crippen LogP contribution < -0.4 is 0 Å². The molecule has 5 nitrogen and oxygen atoms in total. The molecule has 0 spiro atoms. The van der Waals surface area contributed by atoms with Gasteiger partial charge in [-0.25, -0.2) is 0 Å². The van der Waals surface area contributed by atoms with Gasteiger partial charge in [0.15, 0.2) is 0 Å². The SMILES string of the molecule is CC1CC(C(=O)N2C3CCC2C(C(=O)O)C3)CO1. The predicted molar refractivity (Wildman–Crippen MR) is 62.9 cm³/mol. The molecule has 2 bridgehead atoms. The molecule has 3 aliphatic heterocycles. The first-order valence-electron chi connectivity index (χ1n) is 6.74. The van der Waals surface area contributed by atoms with E-state index in [0.29, 0.717) is 13.0 Å². The number of hydrogen-bond donors (Lipinski definition) is 1. The highest BCUT2D eigenvalue weighted by Gasteiger charge is 2.52. The number of carbonyl (C=O) groups excluding carboxylic acids is 1. The molecule has 1 N–H and O–H groups in total. The molecule has 18 heavy (non-hydrogen) atoms. The molecule has 5 atom stereocenters. The van der Waals surface area contributed by atoms with Crippen molar-refractivity contribution in [2.45, 2.75) is 50.8 Å². The van der Waals surface area contributed by atoms with E-state index in [1.807, 2.05) is 11.8 Å². The molecule has 3 fully saturated rings. The third-order valence-electron chi connectivity index (χ3n) is 4.66. The van der Waals surface area contributed by atoms with Crippen LogP contribution in [0.2, 0.25) is 0 Å². The summed E-state index contributed by atoms with van der Waals surface area (Å²) in [4.78, 5) is 25.5. The van der Waals surface area contributed by atoms with Gasteiger partial charge in [-0.3, -0.25) is 9.59 Å². The number of fused-ring (bicyclic) bond motifs is 2. The minimum Gasteiger partial charge on any atom is -0.481 e. The monoisotopic (exact) mass is 253 g/mol. The maximum absolute atomic E-state index is 12.5. The third kappa shape index (κ3) is 1.72. The van der Waals surface area contributed by atoms with Crippen molar-refractivity contribution in [3.63, 3.8) is 0 Å². The van der Waals surface area contributed by atoms with E-state index < -0.39 is 5.97 Å². The Morgan fingerprint density at radius 3 is 2.61 bits per heavy atom. The zero-order valence-corrected chi connectivity index (χ0v) is 10.5. The number of rotatable bonds is 2. The summed E-state index contributed by atoms with van der Waals surface area (Å²) >= 11 is 0. The lowest BCUT2D eigenvalue weighted by atomic mass is 9.89. The molecule has 5 unspecified atom stereocenters. The Balaban J connectivity index is 1.73. The Kier molecular flexibility index (Phi) is 2.81. The van der Waals surface area contributed by atoms with Crippen molar-refractivity contribution in [3.05, 3.63) is 0 Å². The molecule has 0 radical (unpaired) electrons. The smallest absolute Gasteiger partial charge is 0.308 e. The number of amides is 1. The Bertz CT molecular complexity index is 383. The number of ether oxygens (including phenoxy) is 1. The number of carbonyl (C=O) groups is 2. The van der Waals surface area contributed by atoms with Gasteiger partial charge in [0, 0.05) is 12.1 Å². The van der Waals surface area contributed by atoms with Gasteiger partial charge in [-0.15, -0.1) is 0 Å². The molecule has 0 aliphatic carbocycles. The summed E-state index contributed by atoms with van der Waals surface area (Å²) in [7, 11) is 0. The van der Waals surface area contributed by atoms with Gasteiger partial charge in [0.1, 0.15) is 0 Å². The first kappa shape index (κ1) is 12.0. The van der Waals surface area contributed by atoms with E-state index in [-0.39, 0.29) is 35.9 Å². The van der Waals surface area contributed by atoms with Crippen LogP contribution in [0.15, 0.2) is 0 Å². The molecular formula is C13H19NO4. The van der Waals surface area contributed by atoms with E-state index in [0.717, 1.165) is 19.3 Å². The van der Waals surface area contributed by atoms with Crippen molar-refractivity contribution in [2.75, 3.05) is 6.61 Å². The minimum absolute atomic E-state index is 0.0596. The molecule has 1 amide bonds. The van der Waals surface area contributed by atoms with E-state index >= 15 is 0 Å². The average molecular weight is 253 g/mol. The lowest BCUT2D eigenvalue weighted by Gasteiger charge is -2.25. The topological polar surface area (TPSA) is 66.8 Å². The Hall–Kier alpha value is -1.10. The summed E-state index contributed by atoms with van der Waals surface area (Å²) in [6.07, 6.45) is 3.36. The largest absolute Gasteiger partial charge is 0.481 e. The first-order chi connectivity index (χ1) is 8.58. The lowest BCUT2D eigenvalue weighted by molar-refractivity contribution is -0.143. The summed E-state index contributed by atoms with van der Waals surface area (Å²) in [5, 5.41) is 9.18. The van der Waals surface area contributed by atoms with E-state index in [9.17, 15) is 14.7 Å². The lowest BCUT2D eigenvalue weighted by Crippen LogP contribution is -2.41. The molecule has 3 heterocycles. The average Bonchev–Trinajstić information content (AvgIpc) is 3.01. The molecular weight excluding hydrogens is 234 g/mol. The number of carboxylic acids is 1. The highest BCUT2D eigenvalue weighted by Crippen LogP contribution is 2.43. The van der Waals surface area contributed by atoms with Crippen LogP contribution in [0.1, 0.15) is 32.6 Å². The highest BCUT2D eigenvalue weighted by atomic mass is 16.5. The molecule has 100 valence electrons. The van der Waals surface area contributed by atoms with Crippen LogP contribution in [0, 0.1) is 11.8 Å².